The number of carbonyl (C=O) groups is 1. The molecule has 5 nitrogen and oxygen atoms in total. The molecule has 204 valence electrons. The predicted octanol–water partition coefficient (Wildman–Crippen LogP) is 7.80. The van der Waals surface area contributed by atoms with Crippen molar-refractivity contribution in [3.8, 4) is 0 Å². The molecule has 0 radical (unpaired) electrons. The average molecular weight is 524 g/mol. The Kier molecular flexibility index (Phi) is 7.79. The molecule has 2 aromatic heterocycles. The van der Waals surface area contributed by atoms with Crippen LogP contribution >= 0.6 is 0 Å². The molecule has 3 heterocycles. The summed E-state index contributed by atoms with van der Waals surface area (Å²) in [6, 6.07) is 18.9. The van der Waals surface area contributed by atoms with E-state index in [1.165, 1.54) is 30.5 Å². The van der Waals surface area contributed by atoms with E-state index in [4.69, 9.17) is 9.72 Å². The van der Waals surface area contributed by atoms with Gasteiger partial charge in [0.15, 0.2) is 0 Å². The number of esters is 1. The van der Waals surface area contributed by atoms with Crippen molar-refractivity contribution in [3.63, 3.8) is 0 Å². The number of para-hydroxylation sites is 1. The highest BCUT2D eigenvalue weighted by atomic mass is 16.6. The van der Waals surface area contributed by atoms with Gasteiger partial charge in [0.05, 0.1) is 5.56 Å². The number of pyridine rings is 1. The second-order valence-corrected chi connectivity index (χ2v) is 10.5. The van der Waals surface area contributed by atoms with E-state index in [1.807, 2.05) is 12.1 Å². The molecule has 0 fully saturated rings. The zero-order chi connectivity index (χ0) is 27.6. The minimum atomic E-state index is -1.11. The standard InChI is InChI=1S/C34H41N3O2/c1-6-10-11-12-16-25-23-26(36(7-2)8-3)20-21-29(25)34(32-28(33(38)39-34)18-15-22-35-32)31-24(5)37(9-4)30-19-14-13-17-27(30)31/h13-15,17-23H,6-12,16H2,1-5H3. The summed E-state index contributed by atoms with van der Waals surface area (Å²) in [5.41, 5.74) is 6.89. The van der Waals surface area contributed by atoms with Gasteiger partial charge in [-0.15, -0.1) is 0 Å². The molecular formula is C34H41N3O2. The number of aromatic nitrogens is 2. The maximum absolute atomic E-state index is 13.6. The molecule has 5 heteroatoms. The largest absolute Gasteiger partial charge is 0.439 e. The Balaban J connectivity index is 1.84. The minimum absolute atomic E-state index is 0.310. The van der Waals surface area contributed by atoms with Crippen LogP contribution in [0, 0.1) is 6.92 Å². The fourth-order valence-corrected chi connectivity index (χ4v) is 6.52. The lowest BCUT2D eigenvalue weighted by atomic mass is 9.78. The molecule has 39 heavy (non-hydrogen) atoms. The van der Waals surface area contributed by atoms with Gasteiger partial charge in [0.25, 0.3) is 0 Å². The second-order valence-electron chi connectivity index (χ2n) is 10.5. The molecule has 1 aliphatic heterocycles. The summed E-state index contributed by atoms with van der Waals surface area (Å²) in [7, 11) is 0. The molecule has 0 saturated heterocycles. The Bertz CT molecular complexity index is 1480. The lowest BCUT2D eigenvalue weighted by Gasteiger charge is -2.33. The number of ether oxygens (including phenoxy) is 1. The van der Waals surface area contributed by atoms with E-state index >= 15 is 0 Å². The summed E-state index contributed by atoms with van der Waals surface area (Å²) in [4.78, 5) is 20.8. The molecule has 1 aliphatic rings. The van der Waals surface area contributed by atoms with Crippen LogP contribution in [0.3, 0.4) is 0 Å². The number of carbonyl (C=O) groups excluding carboxylic acids is 1. The number of anilines is 1. The minimum Gasteiger partial charge on any atom is -0.439 e. The van der Waals surface area contributed by atoms with Crippen molar-refractivity contribution in [1.82, 2.24) is 9.55 Å². The summed E-state index contributed by atoms with van der Waals surface area (Å²) in [5, 5.41) is 1.10. The highest BCUT2D eigenvalue weighted by Gasteiger charge is 2.53. The van der Waals surface area contributed by atoms with Crippen molar-refractivity contribution >= 4 is 22.6 Å². The third kappa shape index (κ3) is 4.42. The molecule has 1 unspecified atom stereocenters. The summed E-state index contributed by atoms with van der Waals surface area (Å²) in [6.45, 7) is 13.7. The van der Waals surface area contributed by atoms with Crippen LogP contribution in [-0.2, 0) is 23.3 Å². The Hall–Kier alpha value is -3.60. The molecule has 1 atom stereocenters. The smallest absolute Gasteiger partial charge is 0.341 e. The summed E-state index contributed by atoms with van der Waals surface area (Å²) < 4.78 is 8.96. The summed E-state index contributed by atoms with van der Waals surface area (Å²) in [6.07, 6.45) is 7.41. The van der Waals surface area contributed by atoms with E-state index in [0.29, 0.717) is 11.3 Å². The molecule has 0 amide bonds. The molecule has 0 N–H and O–H groups in total. The Morgan fingerprint density at radius 3 is 2.49 bits per heavy atom. The quantitative estimate of drug-likeness (QED) is 0.149. The van der Waals surface area contributed by atoms with Crippen LogP contribution in [0.5, 0.6) is 0 Å². The molecule has 0 bridgehead atoms. The maximum Gasteiger partial charge on any atom is 0.341 e. The van der Waals surface area contributed by atoms with Gasteiger partial charge in [-0.3, -0.25) is 4.98 Å². The molecule has 5 rings (SSSR count). The monoisotopic (exact) mass is 523 g/mol. The lowest BCUT2D eigenvalue weighted by molar-refractivity contribution is 0.0243. The van der Waals surface area contributed by atoms with E-state index in [0.717, 1.165) is 60.2 Å². The van der Waals surface area contributed by atoms with Gasteiger partial charge in [-0.2, -0.15) is 0 Å². The number of nitrogens with zero attached hydrogens (tertiary/aromatic N) is 3. The van der Waals surface area contributed by atoms with E-state index in [1.54, 1.807) is 6.20 Å². The summed E-state index contributed by atoms with van der Waals surface area (Å²) in [5.74, 6) is -0.310. The van der Waals surface area contributed by atoms with Crippen molar-refractivity contribution < 1.29 is 9.53 Å². The lowest BCUT2D eigenvalue weighted by Crippen LogP contribution is -2.33. The zero-order valence-corrected chi connectivity index (χ0v) is 24.1. The van der Waals surface area contributed by atoms with Gasteiger partial charge in [0, 0.05) is 59.2 Å². The maximum atomic E-state index is 13.6. The van der Waals surface area contributed by atoms with Crippen LogP contribution in [0.4, 0.5) is 5.69 Å². The van der Waals surface area contributed by atoms with Crippen molar-refractivity contribution in [1.29, 1.82) is 0 Å². The first-order chi connectivity index (χ1) is 19.0. The van der Waals surface area contributed by atoms with Gasteiger partial charge < -0.3 is 14.2 Å². The number of hydrogen-bond acceptors (Lipinski definition) is 4. The van der Waals surface area contributed by atoms with Crippen LogP contribution in [0.1, 0.15) is 91.8 Å². The van der Waals surface area contributed by atoms with Crippen LogP contribution < -0.4 is 4.90 Å². The van der Waals surface area contributed by atoms with Gasteiger partial charge in [0.1, 0.15) is 5.69 Å². The van der Waals surface area contributed by atoms with E-state index in [2.05, 4.69) is 86.6 Å². The molecule has 0 spiro atoms. The number of benzene rings is 2. The fraction of sp³-hybridized carbons (Fsp3) is 0.412. The number of rotatable bonds is 11. The second kappa shape index (κ2) is 11.3. The predicted molar refractivity (Wildman–Crippen MR) is 160 cm³/mol. The van der Waals surface area contributed by atoms with Crippen LogP contribution in [0.2, 0.25) is 0 Å². The molecule has 0 saturated carbocycles. The molecule has 2 aromatic carbocycles. The van der Waals surface area contributed by atoms with Gasteiger partial charge in [-0.25, -0.2) is 4.79 Å². The molecule has 4 aromatic rings. The SMILES string of the molecule is CCCCCCc1cc(N(CC)CC)ccc1C1(c2c(C)n(CC)c3ccccc23)OC(=O)c2cccnc21. The highest BCUT2D eigenvalue weighted by molar-refractivity contribution is 5.98. The Morgan fingerprint density at radius 1 is 0.949 bits per heavy atom. The van der Waals surface area contributed by atoms with Crippen molar-refractivity contribution in [3.05, 3.63) is 94.4 Å². The average Bonchev–Trinajstić information content (AvgIpc) is 3.42. The third-order valence-corrected chi connectivity index (χ3v) is 8.40. The molecule has 0 aliphatic carbocycles. The van der Waals surface area contributed by atoms with Crippen molar-refractivity contribution in [2.45, 2.75) is 78.9 Å². The number of unbranched alkanes of at least 4 members (excludes halogenated alkanes) is 3. The number of cyclic esters (lactones) is 1. The third-order valence-electron chi connectivity index (χ3n) is 8.40. The van der Waals surface area contributed by atoms with Crippen LogP contribution in [-0.4, -0.2) is 28.6 Å². The number of fused-ring (bicyclic) bond motifs is 2. The fourth-order valence-electron chi connectivity index (χ4n) is 6.52. The van der Waals surface area contributed by atoms with Crippen LogP contribution in [0.15, 0.2) is 60.8 Å². The van der Waals surface area contributed by atoms with Crippen molar-refractivity contribution in [2.75, 3.05) is 18.0 Å². The first-order valence-electron chi connectivity index (χ1n) is 14.7. The topological polar surface area (TPSA) is 47.4 Å². The first-order valence-corrected chi connectivity index (χ1v) is 14.7. The number of aryl methyl sites for hydroxylation is 2. The normalized spacial score (nSPS) is 16.5. The van der Waals surface area contributed by atoms with E-state index < -0.39 is 5.60 Å². The van der Waals surface area contributed by atoms with Gasteiger partial charge >= 0.3 is 5.97 Å². The van der Waals surface area contributed by atoms with Gasteiger partial charge in [-0.05, 0) is 76.4 Å². The van der Waals surface area contributed by atoms with Crippen molar-refractivity contribution in [2.24, 2.45) is 0 Å². The Morgan fingerprint density at radius 2 is 1.74 bits per heavy atom. The zero-order valence-electron chi connectivity index (χ0n) is 24.1. The van der Waals surface area contributed by atoms with Gasteiger partial charge in [0.2, 0.25) is 5.60 Å². The highest BCUT2D eigenvalue weighted by Crippen LogP contribution is 2.51. The first kappa shape index (κ1) is 27.0. The number of hydrogen-bond donors (Lipinski definition) is 0. The summed E-state index contributed by atoms with van der Waals surface area (Å²) >= 11 is 0. The molecular weight excluding hydrogens is 482 g/mol. The Labute approximate surface area is 232 Å². The van der Waals surface area contributed by atoms with Gasteiger partial charge in [-0.1, -0.05) is 50.5 Å². The van der Waals surface area contributed by atoms with E-state index in [9.17, 15) is 4.79 Å². The van der Waals surface area contributed by atoms with Crippen LogP contribution in [0.25, 0.3) is 10.9 Å². The van der Waals surface area contributed by atoms with E-state index in [-0.39, 0.29) is 5.97 Å².